The molecule has 0 heterocycles. The molecule has 2 amide bonds. The van der Waals surface area contributed by atoms with Gasteiger partial charge in [0.1, 0.15) is 11.8 Å². The summed E-state index contributed by atoms with van der Waals surface area (Å²) in [4.78, 5) is 24.0. The Balaban J connectivity index is 2.77. The van der Waals surface area contributed by atoms with Crippen LogP contribution in [0, 0.1) is 5.92 Å². The molecule has 0 bridgehead atoms. The van der Waals surface area contributed by atoms with Crippen LogP contribution in [0.5, 0.6) is 5.75 Å². The first kappa shape index (κ1) is 16.0. The number of likely N-dealkylation sites (N-methyl/N-ethyl adjacent to an activating group) is 1. The number of hydrogen-bond donors (Lipinski definition) is 2. The van der Waals surface area contributed by atoms with E-state index in [9.17, 15) is 9.59 Å². The fourth-order valence-corrected chi connectivity index (χ4v) is 1.79. The lowest BCUT2D eigenvalue weighted by Crippen LogP contribution is -2.49. The van der Waals surface area contributed by atoms with Crippen molar-refractivity contribution in [2.24, 2.45) is 5.92 Å². The van der Waals surface area contributed by atoms with Gasteiger partial charge in [-0.05, 0) is 37.1 Å². The van der Waals surface area contributed by atoms with Gasteiger partial charge in [-0.25, -0.2) is 0 Å². The van der Waals surface area contributed by atoms with Gasteiger partial charge in [-0.3, -0.25) is 9.59 Å². The zero-order chi connectivity index (χ0) is 15.1. The van der Waals surface area contributed by atoms with Crippen LogP contribution < -0.4 is 15.4 Å². The molecule has 0 aromatic heterocycles. The van der Waals surface area contributed by atoms with Crippen LogP contribution in [-0.4, -0.2) is 31.5 Å². The van der Waals surface area contributed by atoms with Gasteiger partial charge in [0.05, 0.1) is 7.11 Å². The number of ether oxygens (including phenoxy) is 1. The number of carbonyl (C=O) groups is 2. The van der Waals surface area contributed by atoms with Crippen LogP contribution in [0.1, 0.15) is 31.1 Å². The maximum Gasteiger partial charge on any atom is 0.251 e. The van der Waals surface area contributed by atoms with E-state index >= 15 is 0 Å². The first-order valence-corrected chi connectivity index (χ1v) is 6.72. The molecule has 0 aliphatic carbocycles. The van der Waals surface area contributed by atoms with E-state index in [1.807, 2.05) is 20.8 Å². The molecular weight excluding hydrogens is 256 g/mol. The first-order valence-electron chi connectivity index (χ1n) is 6.72. The van der Waals surface area contributed by atoms with Crippen molar-refractivity contribution in [3.8, 4) is 5.75 Å². The lowest BCUT2D eigenvalue weighted by Gasteiger charge is -2.21. The highest BCUT2D eigenvalue weighted by atomic mass is 16.5. The lowest BCUT2D eigenvalue weighted by molar-refractivity contribution is -0.123. The Hall–Kier alpha value is -2.04. The lowest BCUT2D eigenvalue weighted by atomic mass is 10.0. The summed E-state index contributed by atoms with van der Waals surface area (Å²) in [6.07, 6.45) is 0. The highest BCUT2D eigenvalue weighted by Gasteiger charge is 2.23. The van der Waals surface area contributed by atoms with Crippen molar-refractivity contribution >= 4 is 11.8 Å². The second-order valence-corrected chi connectivity index (χ2v) is 4.82. The van der Waals surface area contributed by atoms with Crippen molar-refractivity contribution in [1.82, 2.24) is 10.6 Å². The highest BCUT2D eigenvalue weighted by molar-refractivity contribution is 5.97. The molecule has 5 nitrogen and oxygen atoms in total. The van der Waals surface area contributed by atoms with Gasteiger partial charge >= 0.3 is 0 Å². The van der Waals surface area contributed by atoms with Crippen LogP contribution in [0.25, 0.3) is 0 Å². The number of methoxy groups -OCH3 is 1. The Morgan fingerprint density at radius 2 is 1.80 bits per heavy atom. The average molecular weight is 278 g/mol. The second-order valence-electron chi connectivity index (χ2n) is 4.82. The molecule has 0 aliphatic rings. The van der Waals surface area contributed by atoms with Gasteiger partial charge < -0.3 is 15.4 Å². The van der Waals surface area contributed by atoms with Gasteiger partial charge in [-0.1, -0.05) is 13.8 Å². The van der Waals surface area contributed by atoms with Gasteiger partial charge in [-0.15, -0.1) is 0 Å². The molecule has 1 aromatic carbocycles. The molecule has 20 heavy (non-hydrogen) atoms. The number of nitrogens with one attached hydrogen (secondary N) is 2. The predicted octanol–water partition coefficient (Wildman–Crippen LogP) is 1.59. The van der Waals surface area contributed by atoms with Gasteiger partial charge in [0.15, 0.2) is 0 Å². The van der Waals surface area contributed by atoms with E-state index in [1.54, 1.807) is 31.4 Å². The molecule has 0 radical (unpaired) electrons. The van der Waals surface area contributed by atoms with Crippen LogP contribution in [0.3, 0.4) is 0 Å². The second kappa shape index (κ2) is 7.53. The van der Waals surface area contributed by atoms with E-state index in [-0.39, 0.29) is 17.7 Å². The van der Waals surface area contributed by atoms with Crippen LogP contribution in [0.2, 0.25) is 0 Å². The minimum absolute atomic E-state index is 0.0174. The van der Waals surface area contributed by atoms with Crippen molar-refractivity contribution in [2.75, 3.05) is 13.7 Å². The highest BCUT2D eigenvalue weighted by Crippen LogP contribution is 2.12. The molecule has 1 aromatic rings. The van der Waals surface area contributed by atoms with E-state index in [0.717, 1.165) is 0 Å². The Kier molecular flexibility index (Phi) is 6.03. The minimum atomic E-state index is -0.537. The van der Waals surface area contributed by atoms with Crippen LogP contribution in [0.15, 0.2) is 24.3 Å². The zero-order valence-corrected chi connectivity index (χ0v) is 12.4. The summed E-state index contributed by atoms with van der Waals surface area (Å²) in [7, 11) is 1.57. The maximum atomic E-state index is 12.1. The van der Waals surface area contributed by atoms with Crippen LogP contribution in [-0.2, 0) is 4.79 Å². The Labute approximate surface area is 119 Å². The topological polar surface area (TPSA) is 67.4 Å². The third-order valence-electron chi connectivity index (χ3n) is 2.94. The van der Waals surface area contributed by atoms with Gasteiger partial charge in [0.25, 0.3) is 5.91 Å². The number of rotatable bonds is 6. The molecule has 0 unspecified atom stereocenters. The largest absolute Gasteiger partial charge is 0.497 e. The summed E-state index contributed by atoms with van der Waals surface area (Å²) in [6.45, 7) is 6.18. The third-order valence-corrected chi connectivity index (χ3v) is 2.94. The monoisotopic (exact) mass is 278 g/mol. The van der Waals surface area contributed by atoms with Gasteiger partial charge in [-0.2, -0.15) is 0 Å². The molecule has 1 atom stereocenters. The fraction of sp³-hybridized carbons (Fsp3) is 0.467. The van der Waals surface area contributed by atoms with Crippen molar-refractivity contribution in [2.45, 2.75) is 26.8 Å². The number of hydrogen-bond acceptors (Lipinski definition) is 3. The number of amides is 2. The molecule has 5 heteroatoms. The van der Waals surface area contributed by atoms with Gasteiger partial charge in [0, 0.05) is 12.1 Å². The van der Waals surface area contributed by atoms with Gasteiger partial charge in [0.2, 0.25) is 5.91 Å². The van der Waals surface area contributed by atoms with Crippen LogP contribution in [0.4, 0.5) is 0 Å². The normalized spacial score (nSPS) is 11.8. The SMILES string of the molecule is CCNC(=O)[C@@H](NC(=O)c1ccc(OC)cc1)C(C)C. The van der Waals surface area contributed by atoms with E-state index < -0.39 is 6.04 Å². The van der Waals surface area contributed by atoms with E-state index in [1.165, 1.54) is 0 Å². The van der Waals surface area contributed by atoms with Crippen molar-refractivity contribution in [1.29, 1.82) is 0 Å². The average Bonchev–Trinajstić information content (AvgIpc) is 2.44. The van der Waals surface area contributed by atoms with E-state index in [0.29, 0.717) is 17.9 Å². The summed E-state index contributed by atoms with van der Waals surface area (Å²) in [5, 5.41) is 5.49. The van der Waals surface area contributed by atoms with E-state index in [2.05, 4.69) is 10.6 Å². The molecule has 0 fully saturated rings. The molecular formula is C15H22N2O3. The molecule has 2 N–H and O–H groups in total. The maximum absolute atomic E-state index is 12.1. The molecule has 0 saturated carbocycles. The van der Waals surface area contributed by atoms with Crippen molar-refractivity contribution in [3.05, 3.63) is 29.8 Å². The number of carbonyl (C=O) groups excluding carboxylic acids is 2. The smallest absolute Gasteiger partial charge is 0.251 e. The Morgan fingerprint density at radius 1 is 1.20 bits per heavy atom. The molecule has 0 saturated heterocycles. The molecule has 0 spiro atoms. The van der Waals surface area contributed by atoms with Crippen LogP contribution >= 0.6 is 0 Å². The number of benzene rings is 1. The van der Waals surface area contributed by atoms with E-state index in [4.69, 9.17) is 4.74 Å². The van der Waals surface area contributed by atoms with Crippen molar-refractivity contribution in [3.63, 3.8) is 0 Å². The Bertz CT molecular complexity index is 455. The fourth-order valence-electron chi connectivity index (χ4n) is 1.79. The molecule has 0 aliphatic heterocycles. The summed E-state index contributed by atoms with van der Waals surface area (Å²) >= 11 is 0. The summed E-state index contributed by atoms with van der Waals surface area (Å²) in [5.41, 5.74) is 0.501. The molecule has 110 valence electrons. The molecule has 1 rings (SSSR count). The first-order chi connectivity index (χ1) is 9.49. The quantitative estimate of drug-likeness (QED) is 0.830. The predicted molar refractivity (Wildman–Crippen MR) is 77.8 cm³/mol. The standard InChI is InChI=1S/C15H22N2O3/c1-5-16-15(19)13(10(2)3)17-14(18)11-6-8-12(20-4)9-7-11/h6-10,13H,5H2,1-4H3,(H,16,19)(H,17,18)/t13-/m0/s1. The zero-order valence-electron chi connectivity index (χ0n) is 12.4. The summed E-state index contributed by atoms with van der Waals surface area (Å²) in [6, 6.07) is 6.23. The van der Waals surface area contributed by atoms with Crippen molar-refractivity contribution < 1.29 is 14.3 Å². The third kappa shape index (κ3) is 4.26. The minimum Gasteiger partial charge on any atom is -0.497 e. The Morgan fingerprint density at radius 3 is 2.25 bits per heavy atom. The summed E-state index contributed by atoms with van der Waals surface area (Å²) < 4.78 is 5.04. The summed E-state index contributed by atoms with van der Waals surface area (Å²) in [5.74, 6) is 0.274.